The zero-order valence-corrected chi connectivity index (χ0v) is 19.4. The number of carbonyl (C=O) groups is 1. The maximum absolute atomic E-state index is 12.3. The predicted octanol–water partition coefficient (Wildman–Crippen LogP) is 7.22. The molecule has 0 bridgehead atoms. The third kappa shape index (κ3) is 5.15. The van der Waals surface area contributed by atoms with Gasteiger partial charge in [-0.1, -0.05) is 37.6 Å². The van der Waals surface area contributed by atoms with Gasteiger partial charge in [0.25, 0.3) is 5.69 Å². The summed E-state index contributed by atoms with van der Waals surface area (Å²) in [5.74, 6) is 0.597. The molecule has 4 aromatic rings. The van der Waals surface area contributed by atoms with Gasteiger partial charge in [-0.3, -0.25) is 14.9 Å². The van der Waals surface area contributed by atoms with Crippen molar-refractivity contribution in [1.29, 1.82) is 0 Å². The highest BCUT2D eigenvalue weighted by Crippen LogP contribution is 2.29. The van der Waals surface area contributed by atoms with Gasteiger partial charge in [0.1, 0.15) is 10.5 Å². The molecule has 0 saturated carbocycles. The molecule has 0 fully saturated rings. The maximum atomic E-state index is 12.3. The van der Waals surface area contributed by atoms with E-state index in [1.165, 1.54) is 29.8 Å². The average Bonchev–Trinajstić information content (AvgIpc) is 3.26. The molecule has 8 heteroatoms. The first-order valence-corrected chi connectivity index (χ1v) is 11.2. The van der Waals surface area contributed by atoms with Gasteiger partial charge in [0.15, 0.2) is 5.58 Å². The number of benzene rings is 3. The Morgan fingerprint density at radius 3 is 2.65 bits per heavy atom. The van der Waals surface area contributed by atoms with E-state index in [0.717, 1.165) is 23.1 Å². The second-order valence-corrected chi connectivity index (χ2v) is 8.33. The van der Waals surface area contributed by atoms with Gasteiger partial charge in [-0.2, -0.15) is 0 Å². The van der Waals surface area contributed by atoms with Crippen molar-refractivity contribution < 1.29 is 14.1 Å². The van der Waals surface area contributed by atoms with Crippen molar-refractivity contribution in [3.63, 3.8) is 0 Å². The lowest BCUT2D eigenvalue weighted by Crippen LogP contribution is -2.07. The minimum absolute atomic E-state index is 0.0431. The molecule has 1 aromatic heterocycles. The second kappa shape index (κ2) is 9.89. The van der Waals surface area contributed by atoms with E-state index in [0.29, 0.717) is 23.1 Å². The van der Waals surface area contributed by atoms with Crippen LogP contribution in [0.4, 0.5) is 11.4 Å². The highest BCUT2D eigenvalue weighted by molar-refractivity contribution is 6.32. The predicted molar refractivity (Wildman–Crippen MR) is 134 cm³/mol. The van der Waals surface area contributed by atoms with Gasteiger partial charge in [0.2, 0.25) is 11.8 Å². The Bertz CT molecular complexity index is 1390. The Labute approximate surface area is 201 Å². The molecular weight excluding hydrogens is 454 g/mol. The van der Waals surface area contributed by atoms with Crippen LogP contribution in [0.3, 0.4) is 0 Å². The van der Waals surface area contributed by atoms with Crippen LogP contribution >= 0.6 is 11.6 Å². The lowest BCUT2D eigenvalue weighted by atomic mass is 9.98. The third-order valence-electron chi connectivity index (χ3n) is 5.59. The third-order valence-corrected chi connectivity index (χ3v) is 5.91. The molecule has 1 heterocycles. The zero-order chi connectivity index (χ0) is 24.2. The van der Waals surface area contributed by atoms with Gasteiger partial charge in [-0.25, -0.2) is 4.98 Å². The summed E-state index contributed by atoms with van der Waals surface area (Å²) in [5.41, 5.74) is 4.45. The van der Waals surface area contributed by atoms with Crippen LogP contribution in [0.5, 0.6) is 0 Å². The molecule has 34 heavy (non-hydrogen) atoms. The van der Waals surface area contributed by atoms with E-state index >= 15 is 0 Å². The number of oxazole rings is 1. The molecule has 0 saturated heterocycles. The van der Waals surface area contributed by atoms with Gasteiger partial charge in [0.05, 0.1) is 4.92 Å². The number of nitro groups is 1. The second-order valence-electron chi connectivity index (χ2n) is 7.92. The van der Waals surface area contributed by atoms with Gasteiger partial charge in [-0.05, 0) is 72.0 Å². The number of aromatic nitrogens is 1. The van der Waals surface area contributed by atoms with Crippen LogP contribution in [0.25, 0.3) is 28.6 Å². The van der Waals surface area contributed by atoms with Crippen LogP contribution in [0.15, 0.2) is 71.2 Å². The van der Waals surface area contributed by atoms with E-state index in [4.69, 9.17) is 16.0 Å². The Morgan fingerprint density at radius 2 is 1.94 bits per heavy atom. The Kier molecular flexibility index (Phi) is 6.75. The van der Waals surface area contributed by atoms with Crippen LogP contribution in [0.2, 0.25) is 5.02 Å². The molecular formula is C26H22ClN3O4. The smallest absolute Gasteiger partial charge is 0.288 e. The molecule has 4 rings (SSSR count). The molecule has 1 amide bonds. The van der Waals surface area contributed by atoms with E-state index in [9.17, 15) is 14.9 Å². The highest BCUT2D eigenvalue weighted by Gasteiger charge is 2.13. The first-order valence-electron chi connectivity index (χ1n) is 10.8. The zero-order valence-electron chi connectivity index (χ0n) is 18.6. The molecule has 0 aliphatic rings. The van der Waals surface area contributed by atoms with Gasteiger partial charge < -0.3 is 9.73 Å². The summed E-state index contributed by atoms with van der Waals surface area (Å²) in [4.78, 5) is 27.3. The van der Waals surface area contributed by atoms with Crippen LogP contribution in [-0.2, 0) is 4.79 Å². The molecule has 7 nitrogen and oxygen atoms in total. The topological polar surface area (TPSA) is 98.3 Å². The summed E-state index contributed by atoms with van der Waals surface area (Å²) >= 11 is 5.81. The first kappa shape index (κ1) is 23.2. The molecule has 0 radical (unpaired) electrons. The van der Waals surface area contributed by atoms with Gasteiger partial charge in [-0.15, -0.1) is 0 Å². The number of anilines is 1. The fourth-order valence-corrected chi connectivity index (χ4v) is 3.62. The van der Waals surface area contributed by atoms with E-state index in [1.807, 2.05) is 18.2 Å². The SMILES string of the molecule is CCC(C)c1ccc2oc(-c3ccc(NC(=O)C=Cc4ccc(Cl)c([N+](=O)[O-])c4)cc3)nc2c1. The minimum Gasteiger partial charge on any atom is -0.436 e. The van der Waals surface area contributed by atoms with Crippen molar-refractivity contribution in [2.75, 3.05) is 5.32 Å². The minimum atomic E-state index is -0.567. The molecule has 172 valence electrons. The number of carbonyl (C=O) groups excluding carboxylic acids is 1. The van der Waals surface area contributed by atoms with Gasteiger partial charge >= 0.3 is 0 Å². The molecule has 1 unspecified atom stereocenters. The summed E-state index contributed by atoms with van der Waals surface area (Å²) in [7, 11) is 0. The lowest BCUT2D eigenvalue weighted by Gasteiger charge is -2.07. The number of halogens is 1. The van der Waals surface area contributed by atoms with Crippen molar-refractivity contribution >= 4 is 46.1 Å². The largest absolute Gasteiger partial charge is 0.436 e. The number of fused-ring (bicyclic) bond motifs is 1. The fraction of sp³-hybridized carbons (Fsp3) is 0.154. The number of nitro benzene ring substituents is 1. The first-order chi connectivity index (χ1) is 16.3. The van der Waals surface area contributed by atoms with E-state index in [2.05, 4.69) is 36.3 Å². The van der Waals surface area contributed by atoms with Gasteiger partial charge in [0, 0.05) is 23.4 Å². The number of hydrogen-bond donors (Lipinski definition) is 1. The van der Waals surface area contributed by atoms with Crippen molar-refractivity contribution in [3.8, 4) is 11.5 Å². The molecule has 1 atom stereocenters. The molecule has 1 N–H and O–H groups in total. The standard InChI is InChI=1S/C26H22ClN3O4/c1-3-16(2)19-8-12-24-22(15-19)29-26(34-24)18-6-9-20(10-7-18)28-25(31)13-5-17-4-11-21(27)23(14-17)30(32)33/h4-16H,3H2,1-2H3,(H,28,31). The Morgan fingerprint density at radius 1 is 1.18 bits per heavy atom. The normalized spacial score (nSPS) is 12.2. The molecule has 3 aromatic carbocycles. The van der Waals surface area contributed by atoms with Crippen LogP contribution in [0, 0.1) is 10.1 Å². The number of hydrogen-bond acceptors (Lipinski definition) is 5. The van der Waals surface area contributed by atoms with Crippen LogP contribution in [0.1, 0.15) is 37.3 Å². The van der Waals surface area contributed by atoms with Crippen molar-refractivity contribution in [1.82, 2.24) is 4.98 Å². The van der Waals surface area contributed by atoms with E-state index in [1.54, 1.807) is 18.2 Å². The summed E-state index contributed by atoms with van der Waals surface area (Å²) < 4.78 is 5.90. The highest BCUT2D eigenvalue weighted by atomic mass is 35.5. The van der Waals surface area contributed by atoms with Crippen molar-refractivity contribution in [3.05, 3.63) is 93.0 Å². The summed E-state index contributed by atoms with van der Waals surface area (Å²) in [5, 5.41) is 13.8. The van der Waals surface area contributed by atoms with E-state index < -0.39 is 4.92 Å². The Hall–Kier alpha value is -3.97. The Balaban J connectivity index is 1.44. The monoisotopic (exact) mass is 475 g/mol. The number of amides is 1. The fourth-order valence-electron chi connectivity index (χ4n) is 3.44. The molecule has 0 spiro atoms. The lowest BCUT2D eigenvalue weighted by molar-refractivity contribution is -0.384. The number of rotatable bonds is 7. The van der Waals surface area contributed by atoms with Crippen molar-refractivity contribution in [2.45, 2.75) is 26.2 Å². The molecule has 0 aliphatic heterocycles. The van der Waals surface area contributed by atoms with E-state index in [-0.39, 0.29) is 16.6 Å². The van der Waals surface area contributed by atoms with Crippen molar-refractivity contribution in [2.24, 2.45) is 0 Å². The molecule has 0 aliphatic carbocycles. The van der Waals surface area contributed by atoms with Crippen LogP contribution < -0.4 is 5.32 Å². The summed E-state index contributed by atoms with van der Waals surface area (Å²) in [6.07, 6.45) is 3.84. The average molecular weight is 476 g/mol. The summed E-state index contributed by atoms with van der Waals surface area (Å²) in [6.45, 7) is 4.34. The number of nitrogens with zero attached hydrogens (tertiary/aromatic N) is 2. The maximum Gasteiger partial charge on any atom is 0.288 e. The number of nitrogens with one attached hydrogen (secondary N) is 1. The summed E-state index contributed by atoms with van der Waals surface area (Å²) in [6, 6.07) is 17.6. The quantitative estimate of drug-likeness (QED) is 0.173. The van der Waals surface area contributed by atoms with Crippen LogP contribution in [-0.4, -0.2) is 15.8 Å².